The van der Waals surface area contributed by atoms with Gasteiger partial charge in [0.15, 0.2) is 5.82 Å². The first-order valence-electron chi connectivity index (χ1n) is 3.57. The minimum absolute atomic E-state index is 0.108. The topological polar surface area (TPSA) is 50.1 Å². The first-order chi connectivity index (χ1) is 6.60. The number of nitrogens with zero attached hydrogens (tertiary/aromatic N) is 1. The Hall–Kier alpha value is -1.60. The molecule has 0 aliphatic rings. The van der Waals surface area contributed by atoms with Crippen molar-refractivity contribution < 1.29 is 13.9 Å². The van der Waals surface area contributed by atoms with Crippen LogP contribution in [0.25, 0.3) is 0 Å². The van der Waals surface area contributed by atoms with Crippen LogP contribution in [-0.4, -0.2) is 13.1 Å². The molecule has 0 N–H and O–H groups in total. The number of hydrogen-bond acceptors (Lipinski definition) is 3. The van der Waals surface area contributed by atoms with Gasteiger partial charge in [-0.15, -0.1) is 0 Å². The summed E-state index contributed by atoms with van der Waals surface area (Å²) in [4.78, 5) is 11.0. The Bertz CT molecular complexity index is 426. The van der Waals surface area contributed by atoms with Crippen LogP contribution in [0.5, 0.6) is 0 Å². The fraction of sp³-hybridized carbons (Fsp3) is 0.111. The van der Waals surface area contributed by atoms with Crippen molar-refractivity contribution in [2.45, 2.75) is 0 Å². The number of nitriles is 1. The standard InChI is InChI=1S/C9H5ClFNO2/c1-14-9(13)6-2-5(4-12)3-7(10)8(6)11/h2-3H,1H3. The molecule has 14 heavy (non-hydrogen) atoms. The highest BCUT2D eigenvalue weighted by Gasteiger charge is 2.16. The van der Waals surface area contributed by atoms with Crippen molar-refractivity contribution >= 4 is 17.6 Å². The van der Waals surface area contributed by atoms with E-state index in [0.29, 0.717) is 0 Å². The second-order valence-corrected chi connectivity index (χ2v) is 2.83. The maximum Gasteiger partial charge on any atom is 0.340 e. The first-order valence-corrected chi connectivity index (χ1v) is 3.95. The molecule has 1 aromatic rings. The van der Waals surface area contributed by atoms with E-state index in [0.717, 1.165) is 19.2 Å². The Morgan fingerprint density at radius 3 is 2.79 bits per heavy atom. The molecule has 0 heterocycles. The summed E-state index contributed by atoms with van der Waals surface area (Å²) in [6.45, 7) is 0. The van der Waals surface area contributed by atoms with E-state index >= 15 is 0 Å². The summed E-state index contributed by atoms with van der Waals surface area (Å²) in [7, 11) is 1.12. The fourth-order valence-electron chi connectivity index (χ4n) is 0.912. The van der Waals surface area contributed by atoms with E-state index < -0.39 is 11.8 Å². The van der Waals surface area contributed by atoms with Crippen LogP contribution in [0.2, 0.25) is 5.02 Å². The number of benzene rings is 1. The van der Waals surface area contributed by atoms with Gasteiger partial charge in [0.2, 0.25) is 0 Å². The van der Waals surface area contributed by atoms with E-state index in [1.54, 1.807) is 6.07 Å². The predicted molar refractivity (Wildman–Crippen MR) is 47.5 cm³/mol. The molecule has 0 spiro atoms. The molecule has 0 saturated heterocycles. The molecule has 0 saturated carbocycles. The number of rotatable bonds is 1. The highest BCUT2D eigenvalue weighted by atomic mass is 35.5. The summed E-state index contributed by atoms with van der Waals surface area (Å²) in [6.07, 6.45) is 0. The third-order valence-corrected chi connectivity index (χ3v) is 1.84. The maximum absolute atomic E-state index is 13.2. The zero-order chi connectivity index (χ0) is 10.7. The number of ether oxygens (including phenoxy) is 1. The number of carbonyl (C=O) groups is 1. The normalized spacial score (nSPS) is 9.29. The van der Waals surface area contributed by atoms with Crippen LogP contribution in [0.4, 0.5) is 4.39 Å². The number of esters is 1. The summed E-state index contributed by atoms with van der Waals surface area (Å²) < 4.78 is 17.5. The van der Waals surface area contributed by atoms with Crippen molar-refractivity contribution in [2.75, 3.05) is 7.11 Å². The lowest BCUT2D eigenvalue weighted by Crippen LogP contribution is -2.05. The summed E-state index contributed by atoms with van der Waals surface area (Å²) in [5.74, 6) is -1.74. The fourth-order valence-corrected chi connectivity index (χ4v) is 1.13. The van der Waals surface area contributed by atoms with Crippen LogP contribution in [0.3, 0.4) is 0 Å². The van der Waals surface area contributed by atoms with Crippen LogP contribution in [0, 0.1) is 17.1 Å². The van der Waals surface area contributed by atoms with E-state index in [2.05, 4.69) is 4.74 Å². The summed E-state index contributed by atoms with van der Waals surface area (Å²) in [5.41, 5.74) is -0.228. The van der Waals surface area contributed by atoms with Gasteiger partial charge in [0.1, 0.15) is 0 Å². The second kappa shape index (κ2) is 4.07. The Kier molecular flexibility index (Phi) is 3.05. The highest BCUT2D eigenvalue weighted by molar-refractivity contribution is 6.31. The van der Waals surface area contributed by atoms with Gasteiger partial charge in [-0.2, -0.15) is 5.26 Å². The van der Waals surface area contributed by atoms with Crippen molar-refractivity contribution in [3.05, 3.63) is 34.1 Å². The Morgan fingerprint density at radius 2 is 2.29 bits per heavy atom. The third-order valence-electron chi connectivity index (χ3n) is 1.56. The molecule has 0 radical (unpaired) electrons. The molecular weight excluding hydrogens is 209 g/mol. The van der Waals surface area contributed by atoms with E-state index in [1.807, 2.05) is 0 Å². The smallest absolute Gasteiger partial charge is 0.340 e. The van der Waals surface area contributed by atoms with E-state index in [-0.39, 0.29) is 16.1 Å². The average molecular weight is 214 g/mol. The Balaban J connectivity index is 3.36. The van der Waals surface area contributed by atoms with Crippen molar-refractivity contribution in [3.8, 4) is 6.07 Å². The summed E-state index contributed by atoms with van der Waals surface area (Å²) >= 11 is 5.46. The molecule has 0 bridgehead atoms. The average Bonchev–Trinajstić information content (AvgIpc) is 2.20. The lowest BCUT2D eigenvalue weighted by Gasteiger charge is -2.02. The van der Waals surface area contributed by atoms with Gasteiger partial charge in [0.05, 0.1) is 29.3 Å². The lowest BCUT2D eigenvalue weighted by molar-refractivity contribution is 0.0595. The molecular formula is C9H5ClFNO2. The van der Waals surface area contributed by atoms with Gasteiger partial charge in [0, 0.05) is 0 Å². The van der Waals surface area contributed by atoms with Gasteiger partial charge < -0.3 is 4.74 Å². The Morgan fingerprint density at radius 1 is 1.64 bits per heavy atom. The SMILES string of the molecule is COC(=O)c1cc(C#N)cc(Cl)c1F. The largest absolute Gasteiger partial charge is 0.465 e. The monoisotopic (exact) mass is 213 g/mol. The molecule has 0 aromatic heterocycles. The van der Waals surface area contributed by atoms with Crippen LogP contribution < -0.4 is 0 Å². The van der Waals surface area contributed by atoms with Gasteiger partial charge in [-0.3, -0.25) is 0 Å². The van der Waals surface area contributed by atoms with Crippen molar-refractivity contribution in [3.63, 3.8) is 0 Å². The molecule has 0 fully saturated rings. The maximum atomic E-state index is 13.2. The second-order valence-electron chi connectivity index (χ2n) is 2.42. The molecule has 3 nitrogen and oxygen atoms in total. The summed E-state index contributed by atoms with van der Waals surface area (Å²) in [6, 6.07) is 3.99. The first kappa shape index (κ1) is 10.5. The molecule has 0 atom stereocenters. The number of hydrogen-bond donors (Lipinski definition) is 0. The van der Waals surface area contributed by atoms with Gasteiger partial charge in [-0.1, -0.05) is 11.6 Å². The van der Waals surface area contributed by atoms with E-state index in [9.17, 15) is 9.18 Å². The number of halogens is 2. The minimum atomic E-state index is -0.877. The van der Waals surface area contributed by atoms with E-state index in [1.165, 1.54) is 0 Å². The van der Waals surface area contributed by atoms with Gasteiger partial charge in [-0.25, -0.2) is 9.18 Å². The molecule has 1 aromatic carbocycles. The van der Waals surface area contributed by atoms with Crippen LogP contribution >= 0.6 is 11.6 Å². The van der Waals surface area contributed by atoms with Crippen molar-refractivity contribution in [1.29, 1.82) is 5.26 Å². The van der Waals surface area contributed by atoms with Gasteiger partial charge in [0.25, 0.3) is 0 Å². The van der Waals surface area contributed by atoms with Crippen molar-refractivity contribution in [2.24, 2.45) is 0 Å². The number of methoxy groups -OCH3 is 1. The zero-order valence-corrected chi connectivity index (χ0v) is 7.93. The van der Waals surface area contributed by atoms with Crippen LogP contribution in [0.1, 0.15) is 15.9 Å². The van der Waals surface area contributed by atoms with Gasteiger partial charge >= 0.3 is 5.97 Å². The lowest BCUT2D eigenvalue weighted by atomic mass is 10.1. The predicted octanol–water partition coefficient (Wildman–Crippen LogP) is 2.14. The molecule has 72 valence electrons. The third kappa shape index (κ3) is 1.83. The molecule has 0 unspecified atom stereocenters. The molecule has 0 aliphatic carbocycles. The molecule has 0 aliphatic heterocycles. The summed E-state index contributed by atoms with van der Waals surface area (Å²) in [5, 5.41) is 8.27. The molecule has 1 rings (SSSR count). The molecule has 5 heteroatoms. The highest BCUT2D eigenvalue weighted by Crippen LogP contribution is 2.21. The van der Waals surface area contributed by atoms with Gasteiger partial charge in [-0.05, 0) is 12.1 Å². The van der Waals surface area contributed by atoms with Crippen LogP contribution in [0.15, 0.2) is 12.1 Å². The van der Waals surface area contributed by atoms with Crippen molar-refractivity contribution in [1.82, 2.24) is 0 Å². The zero-order valence-electron chi connectivity index (χ0n) is 7.17. The number of carbonyl (C=O) groups excluding carboxylic acids is 1. The molecule has 0 amide bonds. The van der Waals surface area contributed by atoms with E-state index in [4.69, 9.17) is 16.9 Å². The minimum Gasteiger partial charge on any atom is -0.465 e. The Labute approximate surface area is 84.7 Å². The van der Waals surface area contributed by atoms with Crippen LogP contribution in [-0.2, 0) is 4.74 Å². The quantitative estimate of drug-likeness (QED) is 0.672.